The van der Waals surface area contributed by atoms with E-state index in [4.69, 9.17) is 5.73 Å². The number of nitro benzene ring substituents is 1. The van der Waals surface area contributed by atoms with Gasteiger partial charge in [-0.25, -0.2) is 0 Å². The van der Waals surface area contributed by atoms with Gasteiger partial charge in [-0.1, -0.05) is 66.7 Å². The number of nitro groups is 1. The van der Waals surface area contributed by atoms with Crippen LogP contribution in [-0.4, -0.2) is 22.8 Å². The van der Waals surface area contributed by atoms with Gasteiger partial charge in [0.15, 0.2) is 0 Å². The van der Waals surface area contributed by atoms with Gasteiger partial charge >= 0.3 is 0 Å². The van der Waals surface area contributed by atoms with Gasteiger partial charge in [-0.05, 0) is 22.3 Å². The van der Waals surface area contributed by atoms with Crippen LogP contribution in [0.2, 0.25) is 0 Å². The number of nitrogens with two attached hydrogens (primary N) is 1. The van der Waals surface area contributed by atoms with Crippen molar-refractivity contribution in [1.82, 2.24) is 5.32 Å². The number of amides is 2. The molecule has 0 aliphatic heterocycles. The standard InChI is InChI=1S/C23H21N3O4/c24-23(28)21(25-22(27)15-17-5-4-8-20(13-17)26(29)30)14-16-9-11-19(12-10-16)18-6-2-1-3-7-18/h1-13,21H,14-15H2,(H2,24,28)(H,25,27)/t21-/m0/s1. The molecule has 30 heavy (non-hydrogen) atoms. The Morgan fingerprint density at radius 2 is 1.57 bits per heavy atom. The van der Waals surface area contributed by atoms with Gasteiger partial charge in [0.2, 0.25) is 11.8 Å². The minimum Gasteiger partial charge on any atom is -0.368 e. The number of benzene rings is 3. The summed E-state index contributed by atoms with van der Waals surface area (Å²) in [6, 6.07) is 22.5. The van der Waals surface area contributed by atoms with E-state index in [-0.39, 0.29) is 18.5 Å². The molecule has 0 radical (unpaired) electrons. The number of non-ortho nitro benzene ring substituents is 1. The van der Waals surface area contributed by atoms with Gasteiger partial charge in [0.1, 0.15) is 6.04 Å². The van der Waals surface area contributed by atoms with Crippen LogP contribution in [0, 0.1) is 10.1 Å². The van der Waals surface area contributed by atoms with Gasteiger partial charge in [0.05, 0.1) is 11.3 Å². The van der Waals surface area contributed by atoms with E-state index in [1.165, 1.54) is 18.2 Å². The van der Waals surface area contributed by atoms with Crippen LogP contribution in [0.1, 0.15) is 11.1 Å². The molecule has 3 aromatic rings. The molecule has 0 aromatic heterocycles. The normalized spacial score (nSPS) is 11.5. The molecular weight excluding hydrogens is 382 g/mol. The molecular formula is C23H21N3O4. The van der Waals surface area contributed by atoms with Crippen LogP contribution in [0.25, 0.3) is 11.1 Å². The quantitative estimate of drug-likeness (QED) is 0.444. The Bertz CT molecular complexity index is 1050. The molecule has 0 bridgehead atoms. The van der Waals surface area contributed by atoms with E-state index in [1.807, 2.05) is 54.6 Å². The lowest BCUT2D eigenvalue weighted by atomic mass is 10.00. The zero-order valence-corrected chi connectivity index (χ0v) is 16.2. The molecule has 152 valence electrons. The summed E-state index contributed by atoms with van der Waals surface area (Å²) in [4.78, 5) is 34.5. The highest BCUT2D eigenvalue weighted by molar-refractivity contribution is 5.87. The van der Waals surface area contributed by atoms with Crippen LogP contribution in [0.3, 0.4) is 0 Å². The minimum atomic E-state index is -0.876. The van der Waals surface area contributed by atoms with E-state index in [2.05, 4.69) is 5.32 Å². The molecule has 0 saturated carbocycles. The number of carbonyl (C=O) groups excluding carboxylic acids is 2. The number of primary amides is 1. The van der Waals surface area contributed by atoms with E-state index >= 15 is 0 Å². The van der Waals surface area contributed by atoms with E-state index in [0.717, 1.165) is 16.7 Å². The number of hydrogen-bond donors (Lipinski definition) is 2. The van der Waals surface area contributed by atoms with Crippen molar-refractivity contribution in [2.24, 2.45) is 5.73 Å². The van der Waals surface area contributed by atoms with Crippen molar-refractivity contribution in [2.45, 2.75) is 18.9 Å². The third kappa shape index (κ3) is 5.51. The summed E-state index contributed by atoms with van der Waals surface area (Å²) in [7, 11) is 0. The second kappa shape index (κ2) is 9.47. The van der Waals surface area contributed by atoms with Crippen LogP contribution < -0.4 is 11.1 Å². The lowest BCUT2D eigenvalue weighted by Gasteiger charge is -2.16. The number of nitrogens with zero attached hydrogens (tertiary/aromatic N) is 1. The summed E-state index contributed by atoms with van der Waals surface area (Å²) in [5, 5.41) is 13.5. The van der Waals surface area contributed by atoms with Crippen molar-refractivity contribution in [1.29, 1.82) is 0 Å². The molecule has 2 amide bonds. The molecule has 0 spiro atoms. The van der Waals surface area contributed by atoms with E-state index < -0.39 is 22.8 Å². The highest BCUT2D eigenvalue weighted by Gasteiger charge is 2.19. The maximum absolute atomic E-state index is 12.3. The number of rotatable bonds is 8. The smallest absolute Gasteiger partial charge is 0.269 e. The first kappa shape index (κ1) is 20.7. The first-order valence-electron chi connectivity index (χ1n) is 9.39. The van der Waals surface area contributed by atoms with E-state index in [0.29, 0.717) is 5.56 Å². The maximum atomic E-state index is 12.3. The predicted molar refractivity (Wildman–Crippen MR) is 114 cm³/mol. The summed E-state index contributed by atoms with van der Waals surface area (Å²) >= 11 is 0. The van der Waals surface area contributed by atoms with Crippen LogP contribution in [-0.2, 0) is 22.4 Å². The molecule has 0 aliphatic rings. The van der Waals surface area contributed by atoms with Crippen molar-refractivity contribution >= 4 is 17.5 Å². The average molecular weight is 403 g/mol. The van der Waals surface area contributed by atoms with E-state index in [1.54, 1.807) is 6.07 Å². The van der Waals surface area contributed by atoms with E-state index in [9.17, 15) is 19.7 Å². The molecule has 0 saturated heterocycles. The van der Waals surface area contributed by atoms with Crippen molar-refractivity contribution < 1.29 is 14.5 Å². The number of nitrogens with one attached hydrogen (secondary N) is 1. The Balaban J connectivity index is 1.64. The average Bonchev–Trinajstić information content (AvgIpc) is 2.74. The zero-order valence-electron chi connectivity index (χ0n) is 16.2. The fourth-order valence-electron chi connectivity index (χ4n) is 3.13. The second-order valence-corrected chi connectivity index (χ2v) is 6.89. The summed E-state index contributed by atoms with van der Waals surface area (Å²) in [5.74, 6) is -1.07. The Kier molecular flexibility index (Phi) is 6.54. The van der Waals surface area contributed by atoms with Gasteiger partial charge in [0.25, 0.3) is 5.69 Å². The molecule has 7 nitrogen and oxygen atoms in total. The summed E-state index contributed by atoms with van der Waals surface area (Å²) < 4.78 is 0. The Hall–Kier alpha value is -4.00. The zero-order chi connectivity index (χ0) is 21.5. The van der Waals surface area contributed by atoms with Crippen molar-refractivity contribution in [2.75, 3.05) is 0 Å². The summed E-state index contributed by atoms with van der Waals surface area (Å²) in [5.41, 5.74) is 8.84. The molecule has 0 fully saturated rings. The SMILES string of the molecule is NC(=O)[C@H](Cc1ccc(-c2ccccc2)cc1)NC(=O)Cc1cccc([N+](=O)[O-])c1. The fraction of sp³-hybridized carbons (Fsp3) is 0.130. The second-order valence-electron chi connectivity index (χ2n) is 6.89. The summed E-state index contributed by atoms with van der Waals surface area (Å²) in [6.07, 6.45) is 0.170. The van der Waals surface area contributed by atoms with Crippen LogP contribution in [0.4, 0.5) is 5.69 Å². The van der Waals surface area contributed by atoms with Gasteiger partial charge in [0, 0.05) is 18.6 Å². The van der Waals surface area contributed by atoms with Gasteiger partial charge in [-0.3, -0.25) is 19.7 Å². The lowest BCUT2D eigenvalue weighted by molar-refractivity contribution is -0.384. The molecule has 3 rings (SSSR count). The maximum Gasteiger partial charge on any atom is 0.269 e. The monoisotopic (exact) mass is 403 g/mol. The Labute approximate surface area is 173 Å². The third-order valence-electron chi connectivity index (χ3n) is 4.67. The molecule has 1 atom stereocenters. The first-order valence-corrected chi connectivity index (χ1v) is 9.39. The minimum absolute atomic E-state index is 0.0849. The van der Waals surface area contributed by atoms with Crippen LogP contribution >= 0.6 is 0 Å². The van der Waals surface area contributed by atoms with Gasteiger partial charge in [-0.2, -0.15) is 0 Å². The van der Waals surface area contributed by atoms with Gasteiger partial charge in [-0.15, -0.1) is 0 Å². The highest BCUT2D eigenvalue weighted by atomic mass is 16.6. The highest BCUT2D eigenvalue weighted by Crippen LogP contribution is 2.20. The molecule has 3 N–H and O–H groups in total. The van der Waals surface area contributed by atoms with Crippen molar-refractivity contribution in [3.05, 3.63) is 100 Å². The molecule has 0 unspecified atom stereocenters. The first-order chi connectivity index (χ1) is 14.4. The topological polar surface area (TPSA) is 115 Å². The summed E-state index contributed by atoms with van der Waals surface area (Å²) in [6.45, 7) is 0. The molecule has 3 aromatic carbocycles. The third-order valence-corrected chi connectivity index (χ3v) is 4.67. The molecule has 0 aliphatic carbocycles. The Morgan fingerprint density at radius 3 is 2.20 bits per heavy atom. The predicted octanol–water partition coefficient (Wildman–Crippen LogP) is 3.02. The lowest BCUT2D eigenvalue weighted by Crippen LogP contribution is -2.46. The van der Waals surface area contributed by atoms with Crippen LogP contribution in [0.5, 0.6) is 0 Å². The molecule has 7 heteroatoms. The van der Waals surface area contributed by atoms with Crippen LogP contribution in [0.15, 0.2) is 78.9 Å². The van der Waals surface area contributed by atoms with Crippen molar-refractivity contribution in [3.63, 3.8) is 0 Å². The van der Waals surface area contributed by atoms with Gasteiger partial charge < -0.3 is 11.1 Å². The number of hydrogen-bond acceptors (Lipinski definition) is 4. The largest absolute Gasteiger partial charge is 0.368 e. The fourth-order valence-corrected chi connectivity index (χ4v) is 3.13. The van der Waals surface area contributed by atoms with Crippen molar-refractivity contribution in [3.8, 4) is 11.1 Å². The number of carbonyl (C=O) groups is 2. The molecule has 0 heterocycles. The Morgan fingerprint density at radius 1 is 0.900 bits per heavy atom.